The SMILES string of the molecule is CN=C(NCCS(=O)C(C)(C)C)N1CCN(C(=O)c2ccco2)CC1.I. The molecule has 1 fully saturated rings. The molecule has 7 nitrogen and oxygen atoms in total. The van der Waals surface area contributed by atoms with Gasteiger partial charge in [0, 0.05) is 61.1 Å². The highest BCUT2D eigenvalue weighted by molar-refractivity contribution is 14.0. The molecule has 9 heteroatoms. The average Bonchev–Trinajstić information content (AvgIpc) is 3.12. The van der Waals surface area contributed by atoms with Crippen LogP contribution in [0.4, 0.5) is 0 Å². The largest absolute Gasteiger partial charge is 0.459 e. The number of hydrogen-bond acceptors (Lipinski definition) is 4. The predicted octanol–water partition coefficient (Wildman–Crippen LogP) is 1.78. The number of piperazine rings is 1. The Morgan fingerprint density at radius 1 is 1.27 bits per heavy atom. The molecule has 0 spiro atoms. The summed E-state index contributed by atoms with van der Waals surface area (Å²) in [4.78, 5) is 20.5. The molecule has 0 aromatic carbocycles. The Kier molecular flexibility index (Phi) is 9.08. The first-order chi connectivity index (χ1) is 11.8. The zero-order valence-electron chi connectivity index (χ0n) is 15.9. The number of hydrogen-bond donors (Lipinski definition) is 1. The highest BCUT2D eigenvalue weighted by atomic mass is 127. The fourth-order valence-corrected chi connectivity index (χ4v) is 3.47. The molecule has 1 saturated heterocycles. The number of carbonyl (C=O) groups excluding carboxylic acids is 1. The first-order valence-electron chi connectivity index (χ1n) is 8.50. The Hall–Kier alpha value is -1.10. The van der Waals surface area contributed by atoms with E-state index in [0.717, 1.165) is 5.96 Å². The van der Waals surface area contributed by atoms with E-state index < -0.39 is 10.8 Å². The highest BCUT2D eigenvalue weighted by Crippen LogP contribution is 2.11. The van der Waals surface area contributed by atoms with Crippen molar-refractivity contribution < 1.29 is 13.4 Å². The molecular weight excluding hydrogens is 467 g/mol. The zero-order valence-corrected chi connectivity index (χ0v) is 19.0. The maximum Gasteiger partial charge on any atom is 0.289 e. The molecule has 148 valence electrons. The van der Waals surface area contributed by atoms with E-state index in [2.05, 4.69) is 15.2 Å². The number of carbonyl (C=O) groups is 1. The molecule has 1 N–H and O–H groups in total. The van der Waals surface area contributed by atoms with Gasteiger partial charge in [0.2, 0.25) is 0 Å². The van der Waals surface area contributed by atoms with Crippen LogP contribution >= 0.6 is 24.0 Å². The molecule has 0 bridgehead atoms. The standard InChI is InChI=1S/C17H28N4O3S.HI/c1-17(2,3)25(23)13-7-19-16(18-4)21-10-8-20(9-11-21)15(22)14-6-5-12-24-14;/h5-6,12H,7-11,13H2,1-4H3,(H,18,19);1H. The van der Waals surface area contributed by atoms with Gasteiger partial charge in [-0.3, -0.25) is 14.0 Å². The van der Waals surface area contributed by atoms with Crippen molar-refractivity contribution in [3.05, 3.63) is 24.2 Å². The van der Waals surface area contributed by atoms with Crippen molar-refractivity contribution in [2.75, 3.05) is 45.5 Å². The molecule has 26 heavy (non-hydrogen) atoms. The first-order valence-corrected chi connectivity index (χ1v) is 9.81. The predicted molar refractivity (Wildman–Crippen MR) is 116 cm³/mol. The van der Waals surface area contributed by atoms with Gasteiger partial charge in [-0.2, -0.15) is 0 Å². The number of amides is 1. The van der Waals surface area contributed by atoms with Crippen LogP contribution in [0.15, 0.2) is 27.8 Å². The summed E-state index contributed by atoms with van der Waals surface area (Å²) in [5, 5.41) is 3.27. The van der Waals surface area contributed by atoms with Gasteiger partial charge < -0.3 is 19.5 Å². The summed E-state index contributed by atoms with van der Waals surface area (Å²) < 4.78 is 17.1. The number of aliphatic imine (C=N–C) groups is 1. The van der Waals surface area contributed by atoms with E-state index in [0.29, 0.717) is 44.2 Å². The average molecular weight is 496 g/mol. The number of halogens is 1. The van der Waals surface area contributed by atoms with Crippen molar-refractivity contribution in [1.29, 1.82) is 0 Å². The van der Waals surface area contributed by atoms with Crippen molar-refractivity contribution >= 4 is 46.6 Å². The maximum atomic E-state index is 12.3. The van der Waals surface area contributed by atoms with E-state index >= 15 is 0 Å². The fourth-order valence-electron chi connectivity index (χ4n) is 2.57. The minimum absolute atomic E-state index is 0. The van der Waals surface area contributed by atoms with E-state index in [4.69, 9.17) is 4.42 Å². The summed E-state index contributed by atoms with van der Waals surface area (Å²) in [6.45, 7) is 9.20. The van der Waals surface area contributed by atoms with Crippen LogP contribution < -0.4 is 5.32 Å². The summed E-state index contributed by atoms with van der Waals surface area (Å²) in [5.74, 6) is 1.67. The molecule has 1 aromatic heterocycles. The maximum absolute atomic E-state index is 12.3. The smallest absolute Gasteiger partial charge is 0.289 e. The molecule has 0 radical (unpaired) electrons. The van der Waals surface area contributed by atoms with Gasteiger partial charge in [-0.15, -0.1) is 24.0 Å². The number of rotatable bonds is 4. The van der Waals surface area contributed by atoms with E-state index in [1.165, 1.54) is 6.26 Å². The summed E-state index contributed by atoms with van der Waals surface area (Å²) >= 11 is 0. The molecule has 1 amide bonds. The third kappa shape index (κ3) is 6.26. The Bertz CT molecular complexity index is 620. The van der Waals surface area contributed by atoms with Crippen molar-refractivity contribution in [3.8, 4) is 0 Å². The third-order valence-electron chi connectivity index (χ3n) is 4.06. The number of guanidine groups is 1. The molecular formula is C17H29IN4O3S. The van der Waals surface area contributed by atoms with Crippen molar-refractivity contribution in [2.45, 2.75) is 25.5 Å². The van der Waals surface area contributed by atoms with Gasteiger partial charge in [0.05, 0.1) is 6.26 Å². The normalized spacial score (nSPS) is 16.8. The van der Waals surface area contributed by atoms with Crippen LogP contribution in [0.3, 0.4) is 0 Å². The lowest BCUT2D eigenvalue weighted by Gasteiger charge is -2.36. The molecule has 1 aliphatic heterocycles. The fraction of sp³-hybridized carbons (Fsp3) is 0.647. The van der Waals surface area contributed by atoms with Gasteiger partial charge in [-0.25, -0.2) is 0 Å². The van der Waals surface area contributed by atoms with Crippen molar-refractivity contribution in [1.82, 2.24) is 15.1 Å². The van der Waals surface area contributed by atoms with Gasteiger partial charge in [0.1, 0.15) is 0 Å². The van der Waals surface area contributed by atoms with E-state index in [-0.39, 0.29) is 34.6 Å². The summed E-state index contributed by atoms with van der Waals surface area (Å²) in [5.41, 5.74) is 0. The summed E-state index contributed by atoms with van der Waals surface area (Å²) in [6, 6.07) is 3.40. The number of furan rings is 1. The van der Waals surface area contributed by atoms with Crippen LogP contribution in [0.1, 0.15) is 31.3 Å². The third-order valence-corrected chi connectivity index (χ3v) is 6.00. The van der Waals surface area contributed by atoms with Gasteiger partial charge >= 0.3 is 0 Å². The number of nitrogens with one attached hydrogen (secondary N) is 1. The molecule has 1 unspecified atom stereocenters. The van der Waals surface area contributed by atoms with Crippen molar-refractivity contribution in [2.24, 2.45) is 4.99 Å². The van der Waals surface area contributed by atoms with E-state index in [1.54, 1.807) is 24.1 Å². The molecule has 2 rings (SSSR count). The summed E-state index contributed by atoms with van der Waals surface area (Å²) in [7, 11) is 0.850. The Balaban J connectivity index is 0.00000338. The Labute approximate surface area is 175 Å². The lowest BCUT2D eigenvalue weighted by atomic mass is 10.3. The molecule has 1 aromatic rings. The second-order valence-corrected chi connectivity index (χ2v) is 9.22. The van der Waals surface area contributed by atoms with Crippen LogP contribution in [0.5, 0.6) is 0 Å². The topological polar surface area (TPSA) is 78.2 Å². The van der Waals surface area contributed by atoms with Crippen LogP contribution in [0.2, 0.25) is 0 Å². The Morgan fingerprint density at radius 2 is 1.88 bits per heavy atom. The van der Waals surface area contributed by atoms with E-state index in [9.17, 15) is 9.00 Å². The lowest BCUT2D eigenvalue weighted by molar-refractivity contribution is 0.0658. The van der Waals surface area contributed by atoms with E-state index in [1.807, 2.05) is 20.8 Å². The van der Waals surface area contributed by atoms with Gasteiger partial charge in [-0.1, -0.05) is 0 Å². The molecule has 0 aliphatic carbocycles. The Morgan fingerprint density at radius 3 is 2.38 bits per heavy atom. The van der Waals surface area contributed by atoms with Gasteiger partial charge in [0.15, 0.2) is 11.7 Å². The first kappa shape index (κ1) is 22.9. The lowest BCUT2D eigenvalue weighted by Crippen LogP contribution is -2.54. The minimum atomic E-state index is -0.889. The monoisotopic (exact) mass is 496 g/mol. The molecule has 1 atom stereocenters. The molecule has 0 saturated carbocycles. The van der Waals surface area contributed by atoms with Gasteiger partial charge in [0.25, 0.3) is 5.91 Å². The second-order valence-electron chi connectivity index (χ2n) is 6.89. The van der Waals surface area contributed by atoms with Crippen LogP contribution in [-0.2, 0) is 10.8 Å². The second kappa shape index (κ2) is 10.3. The zero-order chi connectivity index (χ0) is 18.4. The highest BCUT2D eigenvalue weighted by Gasteiger charge is 2.25. The van der Waals surface area contributed by atoms with Gasteiger partial charge in [-0.05, 0) is 32.9 Å². The van der Waals surface area contributed by atoms with Crippen LogP contribution in [-0.4, -0.2) is 76.1 Å². The van der Waals surface area contributed by atoms with Crippen molar-refractivity contribution in [3.63, 3.8) is 0 Å². The van der Waals surface area contributed by atoms with Crippen LogP contribution in [0.25, 0.3) is 0 Å². The quantitative estimate of drug-likeness (QED) is 0.391. The van der Waals surface area contributed by atoms with Crippen LogP contribution in [0, 0.1) is 0 Å². The molecule has 2 heterocycles. The molecule has 1 aliphatic rings. The number of nitrogens with zero attached hydrogens (tertiary/aromatic N) is 3. The summed E-state index contributed by atoms with van der Waals surface area (Å²) in [6.07, 6.45) is 1.51. The minimum Gasteiger partial charge on any atom is -0.459 e.